The number of aliphatic hydroxyl groups excluding tert-OH is 2. The molecule has 0 aliphatic heterocycles. The molecule has 0 saturated heterocycles. The summed E-state index contributed by atoms with van der Waals surface area (Å²) in [6.45, 7) is 4.34. The molecule has 7 heteroatoms. The van der Waals surface area contributed by atoms with Crippen molar-refractivity contribution in [3.63, 3.8) is 0 Å². The fourth-order valence-electron chi connectivity index (χ4n) is 4.19. The fraction of sp³-hybridized carbons (Fsp3) is 0.600. The van der Waals surface area contributed by atoms with Crippen LogP contribution in [0.2, 0.25) is 0 Å². The summed E-state index contributed by atoms with van der Waals surface area (Å²) < 4.78 is 44.1. The van der Waals surface area contributed by atoms with Crippen molar-refractivity contribution in [3.05, 3.63) is 54.1 Å². The monoisotopic (exact) mass is 456 g/mol. The number of benzene rings is 1. The van der Waals surface area contributed by atoms with Crippen LogP contribution in [-0.4, -0.2) is 34.3 Å². The quantitative estimate of drug-likeness (QED) is 0.239. The predicted molar refractivity (Wildman–Crippen MR) is 118 cm³/mol. The van der Waals surface area contributed by atoms with Gasteiger partial charge < -0.3 is 20.1 Å². The Morgan fingerprint density at radius 2 is 1.97 bits per heavy atom. The van der Waals surface area contributed by atoms with E-state index in [4.69, 9.17) is 14.9 Å². The van der Waals surface area contributed by atoms with Crippen LogP contribution in [0, 0.1) is 23.7 Å². The van der Waals surface area contributed by atoms with Crippen molar-refractivity contribution in [2.24, 2.45) is 23.7 Å². The molecule has 0 bridgehead atoms. The summed E-state index contributed by atoms with van der Waals surface area (Å²) in [5.74, 6) is 0.861. The van der Waals surface area contributed by atoms with E-state index < -0.39 is 18.0 Å². The van der Waals surface area contributed by atoms with Crippen LogP contribution in [0.25, 0.3) is 0 Å². The van der Waals surface area contributed by atoms with E-state index in [1.54, 1.807) is 0 Å². The van der Waals surface area contributed by atoms with Gasteiger partial charge in [0.25, 0.3) is 0 Å². The maximum absolute atomic E-state index is 12.8. The standard InChI is InChI=1S/C25H35F3O4/c1-17(16-32-20-9-7-8-19(15-20)25(26,27)28)12-13-21-18(2)14-23(29)22(21)10-5-3-4-6-11-24(30)31/h3,5,7-9,12-13,15,17-18,21-24,29-31H,4,6,10-11,14,16H2,1-2H3/b5-3-,13-12+/t17-,18-,21+,22-,23+/m1/s1. The first-order valence-electron chi connectivity index (χ1n) is 11.3. The Hall–Kier alpha value is -1.83. The van der Waals surface area contributed by atoms with Crippen LogP contribution in [0.5, 0.6) is 5.75 Å². The Balaban J connectivity index is 1.87. The molecular weight excluding hydrogens is 421 g/mol. The molecule has 0 radical (unpaired) electrons. The first-order valence-corrected chi connectivity index (χ1v) is 11.3. The topological polar surface area (TPSA) is 69.9 Å². The lowest BCUT2D eigenvalue weighted by Crippen LogP contribution is -2.18. The van der Waals surface area contributed by atoms with Crippen LogP contribution in [0.15, 0.2) is 48.6 Å². The Kier molecular flexibility index (Phi) is 10.3. The number of alkyl halides is 3. The van der Waals surface area contributed by atoms with Gasteiger partial charge in [-0.2, -0.15) is 13.2 Å². The normalized spacial score (nSPS) is 25.3. The van der Waals surface area contributed by atoms with E-state index in [1.165, 1.54) is 12.1 Å². The van der Waals surface area contributed by atoms with E-state index in [0.717, 1.165) is 31.4 Å². The Labute approximate surface area is 188 Å². The highest BCUT2D eigenvalue weighted by molar-refractivity contribution is 5.30. The lowest BCUT2D eigenvalue weighted by molar-refractivity contribution is -0.137. The molecule has 0 spiro atoms. The van der Waals surface area contributed by atoms with E-state index in [2.05, 4.69) is 19.1 Å². The second-order valence-electron chi connectivity index (χ2n) is 8.84. The van der Waals surface area contributed by atoms with Crippen LogP contribution < -0.4 is 4.74 Å². The minimum absolute atomic E-state index is 0.00980. The zero-order chi connectivity index (χ0) is 23.7. The predicted octanol–water partition coefficient (Wildman–Crippen LogP) is 5.34. The molecule has 0 unspecified atom stereocenters. The van der Waals surface area contributed by atoms with Crippen molar-refractivity contribution in [2.75, 3.05) is 6.61 Å². The van der Waals surface area contributed by atoms with Gasteiger partial charge in [-0.1, -0.05) is 44.2 Å². The molecule has 180 valence electrons. The van der Waals surface area contributed by atoms with Gasteiger partial charge in [0.2, 0.25) is 0 Å². The van der Waals surface area contributed by atoms with Crippen LogP contribution in [0.1, 0.15) is 51.5 Å². The van der Waals surface area contributed by atoms with E-state index in [-0.39, 0.29) is 36.2 Å². The van der Waals surface area contributed by atoms with Crippen molar-refractivity contribution in [1.82, 2.24) is 0 Å². The minimum atomic E-state index is -4.39. The molecule has 1 aromatic carbocycles. The summed E-state index contributed by atoms with van der Waals surface area (Å²) in [5, 5.41) is 28.2. The van der Waals surface area contributed by atoms with Crippen LogP contribution in [0.3, 0.4) is 0 Å². The molecule has 4 nitrogen and oxygen atoms in total. The molecule has 5 atom stereocenters. The molecular formula is C25H35F3O4. The number of ether oxygens (including phenoxy) is 1. The van der Waals surface area contributed by atoms with E-state index >= 15 is 0 Å². The number of unbranched alkanes of at least 4 members (excludes halogenated alkanes) is 1. The number of hydrogen-bond donors (Lipinski definition) is 3. The second kappa shape index (κ2) is 12.4. The average Bonchev–Trinajstić information content (AvgIpc) is 2.99. The molecule has 1 aliphatic rings. The third-order valence-electron chi connectivity index (χ3n) is 6.00. The molecule has 0 amide bonds. The lowest BCUT2D eigenvalue weighted by Gasteiger charge is -2.20. The number of halogens is 3. The van der Waals surface area contributed by atoms with Gasteiger partial charge in [-0.25, -0.2) is 0 Å². The second-order valence-corrected chi connectivity index (χ2v) is 8.84. The number of rotatable bonds is 11. The van der Waals surface area contributed by atoms with Crippen LogP contribution >= 0.6 is 0 Å². The highest BCUT2D eigenvalue weighted by atomic mass is 19.4. The van der Waals surface area contributed by atoms with Crippen molar-refractivity contribution in [3.8, 4) is 5.75 Å². The number of hydrogen-bond acceptors (Lipinski definition) is 4. The summed E-state index contributed by atoms with van der Waals surface area (Å²) in [4.78, 5) is 0. The van der Waals surface area contributed by atoms with Gasteiger partial charge in [0, 0.05) is 5.92 Å². The van der Waals surface area contributed by atoms with Gasteiger partial charge in [-0.15, -0.1) is 0 Å². The number of aliphatic hydroxyl groups is 3. The van der Waals surface area contributed by atoms with E-state index in [0.29, 0.717) is 18.8 Å². The summed E-state index contributed by atoms with van der Waals surface area (Å²) in [6, 6.07) is 4.89. The molecule has 32 heavy (non-hydrogen) atoms. The molecule has 2 rings (SSSR count). The summed E-state index contributed by atoms with van der Waals surface area (Å²) in [6.07, 6.45) is 5.46. The summed E-state index contributed by atoms with van der Waals surface area (Å²) >= 11 is 0. The first kappa shape index (κ1) is 26.4. The lowest BCUT2D eigenvalue weighted by atomic mass is 9.86. The zero-order valence-electron chi connectivity index (χ0n) is 18.7. The van der Waals surface area contributed by atoms with Gasteiger partial charge in [-0.3, -0.25) is 0 Å². The largest absolute Gasteiger partial charge is 0.493 e. The van der Waals surface area contributed by atoms with Crippen LogP contribution in [0.4, 0.5) is 13.2 Å². The van der Waals surface area contributed by atoms with E-state index in [1.807, 2.05) is 19.1 Å². The summed E-state index contributed by atoms with van der Waals surface area (Å²) in [5.41, 5.74) is -0.726. The van der Waals surface area contributed by atoms with Crippen molar-refractivity contribution < 1.29 is 33.2 Å². The van der Waals surface area contributed by atoms with Gasteiger partial charge in [0.05, 0.1) is 18.3 Å². The molecule has 0 heterocycles. The Bertz CT molecular complexity index is 745. The molecule has 1 aromatic rings. The average molecular weight is 457 g/mol. The zero-order valence-corrected chi connectivity index (χ0v) is 18.7. The smallest absolute Gasteiger partial charge is 0.416 e. The fourth-order valence-corrected chi connectivity index (χ4v) is 4.19. The third kappa shape index (κ3) is 8.60. The van der Waals surface area contributed by atoms with Gasteiger partial charge in [0.1, 0.15) is 5.75 Å². The highest BCUT2D eigenvalue weighted by Gasteiger charge is 2.37. The minimum Gasteiger partial charge on any atom is -0.493 e. The van der Waals surface area contributed by atoms with Crippen molar-refractivity contribution >= 4 is 0 Å². The molecule has 0 aromatic heterocycles. The molecule has 1 aliphatic carbocycles. The van der Waals surface area contributed by atoms with Crippen LogP contribution in [-0.2, 0) is 6.18 Å². The number of allylic oxidation sites excluding steroid dienone is 3. The summed E-state index contributed by atoms with van der Waals surface area (Å²) in [7, 11) is 0. The molecule has 3 N–H and O–H groups in total. The highest BCUT2D eigenvalue weighted by Crippen LogP contribution is 2.40. The van der Waals surface area contributed by atoms with Crippen molar-refractivity contribution in [1.29, 1.82) is 0 Å². The maximum atomic E-state index is 12.8. The van der Waals surface area contributed by atoms with Gasteiger partial charge in [-0.05, 0) is 68.1 Å². The Morgan fingerprint density at radius 3 is 2.66 bits per heavy atom. The maximum Gasteiger partial charge on any atom is 0.416 e. The SMILES string of the molecule is C[C@H](/C=C/[C@@H]1[C@@H](C/C=C\CCCC(O)O)[C@@H](O)C[C@H]1C)COc1cccc(C(F)(F)F)c1. The third-order valence-corrected chi connectivity index (χ3v) is 6.00. The molecule has 1 saturated carbocycles. The van der Waals surface area contributed by atoms with E-state index in [9.17, 15) is 18.3 Å². The van der Waals surface area contributed by atoms with Crippen molar-refractivity contribution in [2.45, 2.75) is 64.5 Å². The van der Waals surface area contributed by atoms with Gasteiger partial charge >= 0.3 is 6.18 Å². The molecule has 1 fully saturated rings. The first-order chi connectivity index (χ1) is 15.1. The Morgan fingerprint density at radius 1 is 1.22 bits per heavy atom. The van der Waals surface area contributed by atoms with Gasteiger partial charge in [0.15, 0.2) is 6.29 Å².